The second-order valence-electron chi connectivity index (χ2n) is 5.80. The predicted octanol–water partition coefficient (Wildman–Crippen LogP) is 2.21. The van der Waals surface area contributed by atoms with Crippen LogP contribution in [-0.4, -0.2) is 27.8 Å². The number of carbonyl (C=O) groups excluding carboxylic acids is 2. The van der Waals surface area contributed by atoms with E-state index in [4.69, 9.17) is 9.15 Å². The number of benzene rings is 2. The first-order chi connectivity index (χ1) is 13.4. The van der Waals surface area contributed by atoms with E-state index in [2.05, 4.69) is 10.4 Å². The van der Waals surface area contributed by atoms with Crippen molar-refractivity contribution in [2.75, 3.05) is 5.32 Å². The molecule has 1 N–H and O–H groups in total. The van der Waals surface area contributed by atoms with Crippen LogP contribution in [0.1, 0.15) is 6.92 Å². The molecule has 0 unspecified atom stereocenters. The molecule has 1 atom stereocenters. The van der Waals surface area contributed by atoms with Gasteiger partial charge >= 0.3 is 11.7 Å². The monoisotopic (exact) mass is 385 g/mol. The van der Waals surface area contributed by atoms with Crippen LogP contribution in [0.2, 0.25) is 0 Å². The number of carbonyl (C=O) groups is 2. The van der Waals surface area contributed by atoms with Crippen LogP contribution in [0.5, 0.6) is 0 Å². The zero-order chi connectivity index (χ0) is 20.1. The van der Waals surface area contributed by atoms with Gasteiger partial charge in [0.25, 0.3) is 5.91 Å². The number of nitrogens with one attached hydrogen (secondary N) is 1. The molecule has 28 heavy (non-hydrogen) atoms. The van der Waals surface area contributed by atoms with Crippen molar-refractivity contribution in [2.24, 2.45) is 0 Å². The minimum atomic E-state index is -1.21. The molecule has 2 aromatic carbocycles. The van der Waals surface area contributed by atoms with E-state index in [1.54, 1.807) is 36.4 Å². The first-order valence-corrected chi connectivity index (χ1v) is 8.32. The molecule has 0 saturated heterocycles. The smallest absolute Gasteiger partial charge is 0.437 e. The first kappa shape index (κ1) is 19.0. The van der Waals surface area contributed by atoms with Crippen LogP contribution >= 0.6 is 0 Å². The van der Waals surface area contributed by atoms with Crippen LogP contribution < -0.4 is 11.1 Å². The number of hydrogen-bond acceptors (Lipinski definition) is 6. The third kappa shape index (κ3) is 4.50. The maximum atomic E-state index is 13.6. The van der Waals surface area contributed by atoms with Gasteiger partial charge < -0.3 is 14.5 Å². The van der Waals surface area contributed by atoms with Gasteiger partial charge in [-0.3, -0.25) is 9.59 Å². The van der Waals surface area contributed by atoms with E-state index in [-0.39, 0.29) is 11.6 Å². The minimum Gasteiger partial charge on any atom is -0.451 e. The molecular formula is C19H16FN3O5. The molecule has 3 aromatic rings. The number of aromatic nitrogens is 2. The lowest BCUT2D eigenvalue weighted by Gasteiger charge is -2.13. The summed E-state index contributed by atoms with van der Waals surface area (Å²) in [4.78, 5) is 35.9. The number of rotatable bonds is 6. The summed E-state index contributed by atoms with van der Waals surface area (Å²) < 4.78 is 24.4. The van der Waals surface area contributed by atoms with Gasteiger partial charge in [0, 0.05) is 5.56 Å². The summed E-state index contributed by atoms with van der Waals surface area (Å²) in [6.45, 7) is 0.793. The third-order valence-electron chi connectivity index (χ3n) is 3.72. The highest BCUT2D eigenvalue weighted by molar-refractivity contribution is 5.95. The van der Waals surface area contributed by atoms with Gasteiger partial charge in [0.15, 0.2) is 6.10 Å². The number of halogens is 1. The Kier molecular flexibility index (Phi) is 5.64. The normalized spacial score (nSPS) is 11.6. The third-order valence-corrected chi connectivity index (χ3v) is 3.72. The van der Waals surface area contributed by atoms with Crippen LogP contribution in [0.15, 0.2) is 63.8 Å². The van der Waals surface area contributed by atoms with Crippen molar-refractivity contribution in [3.05, 3.63) is 71.0 Å². The van der Waals surface area contributed by atoms with Crippen LogP contribution in [0.4, 0.5) is 10.1 Å². The molecule has 8 nitrogen and oxygen atoms in total. The topological polar surface area (TPSA) is 103 Å². The number of ether oxygens (including phenoxy) is 1. The van der Waals surface area contributed by atoms with Gasteiger partial charge in [-0.2, -0.15) is 4.68 Å². The SMILES string of the molecule is C[C@H](OC(=O)Cn1nc(-c2ccccc2)oc1=O)C(=O)Nc1ccccc1F. The molecule has 0 fully saturated rings. The number of esters is 1. The molecule has 3 rings (SSSR count). The van der Waals surface area contributed by atoms with Crippen molar-refractivity contribution in [1.82, 2.24) is 9.78 Å². The molecule has 1 aromatic heterocycles. The molecule has 0 aliphatic carbocycles. The molecule has 0 spiro atoms. The summed E-state index contributed by atoms with van der Waals surface area (Å²) in [5, 5.41) is 6.26. The summed E-state index contributed by atoms with van der Waals surface area (Å²) in [7, 11) is 0. The highest BCUT2D eigenvalue weighted by atomic mass is 19.1. The number of para-hydroxylation sites is 1. The van der Waals surface area contributed by atoms with Crippen molar-refractivity contribution in [2.45, 2.75) is 19.6 Å². The lowest BCUT2D eigenvalue weighted by atomic mass is 10.2. The van der Waals surface area contributed by atoms with E-state index in [0.717, 1.165) is 4.68 Å². The number of nitrogens with zero attached hydrogens (tertiary/aromatic N) is 2. The highest BCUT2D eigenvalue weighted by Gasteiger charge is 2.21. The number of hydrogen-bond donors (Lipinski definition) is 1. The summed E-state index contributed by atoms with van der Waals surface area (Å²) >= 11 is 0. The van der Waals surface area contributed by atoms with Gasteiger partial charge in [0.05, 0.1) is 5.69 Å². The summed E-state index contributed by atoms with van der Waals surface area (Å²) in [5.41, 5.74) is 0.542. The summed E-state index contributed by atoms with van der Waals surface area (Å²) in [6, 6.07) is 14.3. The molecule has 0 aliphatic heterocycles. The Morgan fingerprint density at radius 3 is 2.57 bits per heavy atom. The fourth-order valence-corrected chi connectivity index (χ4v) is 2.31. The Labute approximate surface area is 158 Å². The second kappa shape index (κ2) is 8.30. The lowest BCUT2D eigenvalue weighted by Crippen LogP contribution is -2.32. The zero-order valence-corrected chi connectivity index (χ0v) is 14.8. The first-order valence-electron chi connectivity index (χ1n) is 8.32. The Balaban J connectivity index is 1.61. The average molecular weight is 385 g/mol. The van der Waals surface area contributed by atoms with E-state index in [1.807, 2.05) is 0 Å². The van der Waals surface area contributed by atoms with E-state index < -0.39 is 36.1 Å². The van der Waals surface area contributed by atoms with Gasteiger partial charge in [0.1, 0.15) is 12.4 Å². The molecule has 0 aliphatic rings. The minimum absolute atomic E-state index is 0.0318. The van der Waals surface area contributed by atoms with E-state index in [0.29, 0.717) is 5.56 Å². The zero-order valence-electron chi connectivity index (χ0n) is 14.8. The largest absolute Gasteiger partial charge is 0.451 e. The van der Waals surface area contributed by atoms with E-state index >= 15 is 0 Å². The van der Waals surface area contributed by atoms with Gasteiger partial charge in [-0.1, -0.05) is 30.3 Å². The van der Waals surface area contributed by atoms with Gasteiger partial charge in [-0.05, 0) is 31.2 Å². The van der Waals surface area contributed by atoms with Gasteiger partial charge in [-0.25, -0.2) is 9.18 Å². The van der Waals surface area contributed by atoms with Gasteiger partial charge in [0.2, 0.25) is 5.89 Å². The maximum absolute atomic E-state index is 13.6. The van der Waals surface area contributed by atoms with Gasteiger partial charge in [-0.15, -0.1) is 5.10 Å². The Morgan fingerprint density at radius 2 is 1.86 bits per heavy atom. The number of amides is 1. The average Bonchev–Trinajstić information content (AvgIpc) is 3.04. The van der Waals surface area contributed by atoms with E-state index in [1.165, 1.54) is 25.1 Å². The fraction of sp³-hybridized carbons (Fsp3) is 0.158. The van der Waals surface area contributed by atoms with Crippen molar-refractivity contribution in [1.29, 1.82) is 0 Å². The maximum Gasteiger partial charge on any atom is 0.437 e. The Morgan fingerprint density at radius 1 is 1.18 bits per heavy atom. The summed E-state index contributed by atoms with van der Waals surface area (Å²) in [6.07, 6.45) is -1.21. The second-order valence-corrected chi connectivity index (χ2v) is 5.80. The number of anilines is 1. The Hall–Kier alpha value is -3.75. The molecule has 144 valence electrons. The van der Waals surface area contributed by atoms with Crippen LogP contribution in [-0.2, 0) is 20.9 Å². The summed E-state index contributed by atoms with van der Waals surface area (Å²) in [5.74, 6) is -2.97. The molecule has 1 amide bonds. The highest BCUT2D eigenvalue weighted by Crippen LogP contribution is 2.14. The molecular weight excluding hydrogens is 369 g/mol. The van der Waals surface area contributed by atoms with Crippen molar-refractivity contribution < 1.29 is 23.1 Å². The van der Waals surface area contributed by atoms with Crippen LogP contribution in [0.25, 0.3) is 11.5 Å². The van der Waals surface area contributed by atoms with Crippen molar-refractivity contribution in [3.63, 3.8) is 0 Å². The van der Waals surface area contributed by atoms with Crippen molar-refractivity contribution >= 4 is 17.6 Å². The molecule has 9 heteroatoms. The Bertz CT molecular complexity index is 1040. The molecule has 0 radical (unpaired) electrons. The fourth-order valence-electron chi connectivity index (χ4n) is 2.31. The quantitative estimate of drug-likeness (QED) is 0.653. The van der Waals surface area contributed by atoms with E-state index in [9.17, 15) is 18.8 Å². The van der Waals surface area contributed by atoms with Crippen molar-refractivity contribution in [3.8, 4) is 11.5 Å². The van der Waals surface area contributed by atoms with Crippen LogP contribution in [0.3, 0.4) is 0 Å². The lowest BCUT2D eigenvalue weighted by molar-refractivity contribution is -0.154. The molecule has 0 saturated carbocycles. The predicted molar refractivity (Wildman–Crippen MR) is 96.8 cm³/mol. The molecule has 1 heterocycles. The van der Waals surface area contributed by atoms with Crippen LogP contribution in [0, 0.1) is 5.82 Å². The molecule has 0 bridgehead atoms. The standard InChI is InChI=1S/C19H16FN3O5/c1-12(17(25)21-15-10-6-5-9-14(15)20)27-16(24)11-23-19(26)28-18(22-23)13-7-3-2-4-8-13/h2-10,12H,11H2,1H3,(H,21,25)/t12-/m0/s1.